The van der Waals surface area contributed by atoms with E-state index in [0.29, 0.717) is 22.6 Å². The summed E-state index contributed by atoms with van der Waals surface area (Å²) < 4.78 is 0. The summed E-state index contributed by atoms with van der Waals surface area (Å²) >= 11 is 0. The van der Waals surface area contributed by atoms with E-state index in [2.05, 4.69) is 31.9 Å². The first-order valence-electron chi connectivity index (χ1n) is 12.3. The number of pyridine rings is 1. The lowest BCUT2D eigenvalue weighted by atomic mass is 9.91. The molecule has 2 atom stereocenters. The molecule has 7 nitrogen and oxygen atoms in total. The summed E-state index contributed by atoms with van der Waals surface area (Å²) in [4.78, 5) is 14.3. The lowest BCUT2D eigenvalue weighted by Gasteiger charge is -2.19. The third-order valence-electron chi connectivity index (χ3n) is 6.75. The predicted molar refractivity (Wildman–Crippen MR) is 132 cm³/mol. The highest BCUT2D eigenvalue weighted by Crippen LogP contribution is 2.26. The van der Waals surface area contributed by atoms with Gasteiger partial charge in [-0.1, -0.05) is 43.9 Å². The molecule has 7 heteroatoms. The van der Waals surface area contributed by atoms with Crippen molar-refractivity contribution in [2.75, 3.05) is 5.32 Å². The van der Waals surface area contributed by atoms with E-state index in [0.717, 1.165) is 30.6 Å². The van der Waals surface area contributed by atoms with Gasteiger partial charge in [0, 0.05) is 29.9 Å². The van der Waals surface area contributed by atoms with Gasteiger partial charge in [-0.05, 0) is 56.7 Å². The minimum Gasteiger partial charge on any atom is -0.338 e. The molecule has 1 aliphatic carbocycles. The van der Waals surface area contributed by atoms with Crippen molar-refractivity contribution in [2.45, 2.75) is 76.3 Å². The quantitative estimate of drug-likeness (QED) is 0.423. The van der Waals surface area contributed by atoms with Crippen molar-refractivity contribution in [1.29, 1.82) is 5.26 Å². The zero-order valence-corrected chi connectivity index (χ0v) is 19.1. The second-order valence-electron chi connectivity index (χ2n) is 9.19. The molecule has 2 aromatic heterocycles. The van der Waals surface area contributed by atoms with Crippen LogP contribution in [0.25, 0.3) is 10.9 Å². The van der Waals surface area contributed by atoms with Crippen LogP contribution in [0, 0.1) is 17.2 Å². The number of para-hydroxylation sites is 1. The summed E-state index contributed by atoms with van der Waals surface area (Å²) in [5, 5.41) is 22.6. The van der Waals surface area contributed by atoms with Crippen molar-refractivity contribution in [2.24, 2.45) is 5.92 Å². The Morgan fingerprint density at radius 2 is 1.64 bits per heavy atom. The number of rotatable bonds is 2. The predicted octanol–water partition coefficient (Wildman–Crippen LogP) is 5.38. The summed E-state index contributed by atoms with van der Waals surface area (Å²) in [7, 11) is 0. The minimum absolute atomic E-state index is 0.158. The van der Waals surface area contributed by atoms with Gasteiger partial charge in [-0.2, -0.15) is 10.4 Å². The third kappa shape index (κ3) is 6.45. The second-order valence-corrected chi connectivity index (χ2v) is 9.19. The van der Waals surface area contributed by atoms with Crippen molar-refractivity contribution in [3.63, 3.8) is 0 Å². The molecule has 1 saturated carbocycles. The van der Waals surface area contributed by atoms with Gasteiger partial charge in [0.25, 0.3) is 5.56 Å². The van der Waals surface area contributed by atoms with Crippen molar-refractivity contribution in [3.05, 3.63) is 52.9 Å². The first-order valence-corrected chi connectivity index (χ1v) is 12.3. The Morgan fingerprint density at radius 1 is 0.909 bits per heavy atom. The van der Waals surface area contributed by atoms with Crippen molar-refractivity contribution in [3.8, 4) is 6.07 Å². The number of fused-ring (bicyclic) bond motifs is 3. The van der Waals surface area contributed by atoms with Gasteiger partial charge >= 0.3 is 0 Å². The maximum absolute atomic E-state index is 11.7. The molecule has 3 aromatic rings. The van der Waals surface area contributed by atoms with E-state index in [1.54, 1.807) is 12.3 Å². The van der Waals surface area contributed by atoms with E-state index in [1.807, 2.05) is 30.3 Å². The van der Waals surface area contributed by atoms with E-state index in [1.165, 1.54) is 51.4 Å². The zero-order chi connectivity index (χ0) is 22.9. The Kier molecular flexibility index (Phi) is 8.15. The lowest BCUT2D eigenvalue weighted by molar-refractivity contribution is 0.406. The van der Waals surface area contributed by atoms with Gasteiger partial charge in [-0.25, -0.2) is 0 Å². The van der Waals surface area contributed by atoms with Gasteiger partial charge in [0.2, 0.25) is 0 Å². The molecule has 4 N–H and O–H groups in total. The Bertz CT molecular complexity index is 1080. The number of nitrogens with zero attached hydrogens (tertiary/aromatic N) is 2. The fourth-order valence-corrected chi connectivity index (χ4v) is 4.93. The second kappa shape index (κ2) is 11.7. The van der Waals surface area contributed by atoms with Gasteiger partial charge < -0.3 is 15.6 Å². The van der Waals surface area contributed by atoms with Gasteiger partial charge in [0.1, 0.15) is 5.39 Å². The van der Waals surface area contributed by atoms with Gasteiger partial charge in [0.05, 0.1) is 11.6 Å². The Morgan fingerprint density at radius 3 is 2.27 bits per heavy atom. The molecule has 1 aromatic carbocycles. The van der Waals surface area contributed by atoms with Crippen LogP contribution < -0.4 is 16.2 Å². The SMILES string of the molecule is C1CC2CCC(C1)N2.N#CC1CCCCC1.O=c1[nH]ccc2[nH]nc(Nc3ccccc3)c12. The van der Waals surface area contributed by atoms with Crippen molar-refractivity contribution < 1.29 is 0 Å². The highest BCUT2D eigenvalue weighted by molar-refractivity contribution is 5.90. The van der Waals surface area contributed by atoms with Gasteiger partial charge in [-0.3, -0.25) is 9.89 Å². The Balaban J connectivity index is 0.000000134. The van der Waals surface area contributed by atoms with E-state index >= 15 is 0 Å². The van der Waals surface area contributed by atoms with E-state index in [9.17, 15) is 4.79 Å². The maximum Gasteiger partial charge on any atom is 0.261 e. The molecule has 0 spiro atoms. The molecule has 0 amide bonds. The molecule has 4 heterocycles. The van der Waals surface area contributed by atoms with Crippen LogP contribution in [-0.2, 0) is 0 Å². The first-order chi connectivity index (χ1) is 16.2. The first kappa shape index (κ1) is 23.1. The van der Waals surface area contributed by atoms with Crippen LogP contribution in [0.2, 0.25) is 0 Å². The number of H-pyrrole nitrogens is 2. The van der Waals surface area contributed by atoms with Crippen LogP contribution in [0.4, 0.5) is 11.5 Å². The van der Waals surface area contributed by atoms with Crippen LogP contribution >= 0.6 is 0 Å². The number of hydrogen-bond donors (Lipinski definition) is 4. The highest BCUT2D eigenvalue weighted by atomic mass is 16.1. The van der Waals surface area contributed by atoms with E-state index in [-0.39, 0.29) is 5.56 Å². The smallest absolute Gasteiger partial charge is 0.261 e. The van der Waals surface area contributed by atoms with Crippen LogP contribution in [-0.4, -0.2) is 27.3 Å². The summed E-state index contributed by atoms with van der Waals surface area (Å²) in [6.45, 7) is 0. The molecule has 33 heavy (non-hydrogen) atoms. The van der Waals surface area contributed by atoms with Crippen LogP contribution in [0.1, 0.15) is 64.2 Å². The largest absolute Gasteiger partial charge is 0.338 e. The third-order valence-corrected chi connectivity index (χ3v) is 6.75. The maximum atomic E-state index is 11.7. The summed E-state index contributed by atoms with van der Waals surface area (Å²) in [6, 6.07) is 15.5. The standard InChI is InChI=1S/C12H10N4O.C7H13N.C7H11N/c17-12-10-9(6-7-13-12)15-16-11(10)14-8-4-2-1-3-5-8;1-2-6-4-5-7(3-1)8-6;8-6-7-4-2-1-3-5-7/h1-7H,(H,13,17)(H2,14,15,16);6-8H,1-5H2;7H,1-5H2. The number of benzene rings is 1. The minimum atomic E-state index is -0.158. The average molecular weight is 447 g/mol. The number of nitrogens with one attached hydrogen (secondary N) is 4. The van der Waals surface area contributed by atoms with Crippen molar-refractivity contribution >= 4 is 22.4 Å². The highest BCUT2D eigenvalue weighted by Gasteiger charge is 2.26. The number of nitriles is 1. The number of piperidine rings is 1. The van der Waals surface area contributed by atoms with Crippen molar-refractivity contribution in [1.82, 2.24) is 20.5 Å². The molecule has 6 rings (SSSR count). The van der Waals surface area contributed by atoms with E-state index in [4.69, 9.17) is 5.26 Å². The number of anilines is 2. The summed E-state index contributed by atoms with van der Waals surface area (Å²) in [5.74, 6) is 0.928. The molecule has 174 valence electrons. The molecular formula is C26H34N6O. The number of aromatic nitrogens is 3. The molecule has 2 unspecified atom stereocenters. The van der Waals surface area contributed by atoms with Crippen LogP contribution in [0.5, 0.6) is 0 Å². The summed E-state index contributed by atoms with van der Waals surface area (Å²) in [6.07, 6.45) is 15.0. The number of hydrogen-bond acceptors (Lipinski definition) is 5. The van der Waals surface area contributed by atoms with Crippen LogP contribution in [0.15, 0.2) is 47.4 Å². The Hall–Kier alpha value is -3.11. The normalized spacial score (nSPS) is 21.8. The topological polar surface area (TPSA) is 109 Å². The number of aromatic amines is 2. The zero-order valence-electron chi connectivity index (χ0n) is 19.1. The monoisotopic (exact) mass is 446 g/mol. The molecule has 2 bridgehead atoms. The average Bonchev–Trinajstić information content (AvgIpc) is 3.44. The molecule has 2 saturated heterocycles. The van der Waals surface area contributed by atoms with E-state index < -0.39 is 0 Å². The molecule has 0 radical (unpaired) electrons. The molecular weight excluding hydrogens is 412 g/mol. The van der Waals surface area contributed by atoms with Gasteiger partial charge in [0.15, 0.2) is 5.82 Å². The molecule has 2 aliphatic heterocycles. The van der Waals surface area contributed by atoms with Gasteiger partial charge in [-0.15, -0.1) is 0 Å². The summed E-state index contributed by atoms with van der Waals surface area (Å²) in [5.41, 5.74) is 1.45. The molecule has 3 aliphatic rings. The molecule has 3 fully saturated rings. The van der Waals surface area contributed by atoms with Crippen LogP contribution in [0.3, 0.4) is 0 Å². The lowest BCUT2D eigenvalue weighted by Crippen LogP contribution is -2.33. The Labute approximate surface area is 195 Å². The fraction of sp³-hybridized carbons (Fsp3) is 0.500. The fourth-order valence-electron chi connectivity index (χ4n) is 4.93.